The van der Waals surface area contributed by atoms with Gasteiger partial charge in [-0.3, -0.25) is 0 Å². The Morgan fingerprint density at radius 3 is 2.48 bits per heavy atom. The highest BCUT2D eigenvalue weighted by Crippen LogP contribution is 2.27. The van der Waals surface area contributed by atoms with E-state index in [9.17, 15) is 13.2 Å². The largest absolute Gasteiger partial charge is 0.478 e. The van der Waals surface area contributed by atoms with Gasteiger partial charge >= 0.3 is 5.97 Å². The van der Waals surface area contributed by atoms with E-state index in [4.69, 9.17) is 28.3 Å². The third-order valence-electron chi connectivity index (χ3n) is 3.60. The van der Waals surface area contributed by atoms with Crippen LogP contribution in [0.1, 0.15) is 23.2 Å². The van der Waals surface area contributed by atoms with E-state index in [1.54, 1.807) is 0 Å². The Morgan fingerprint density at radius 1 is 1.33 bits per heavy atom. The lowest BCUT2D eigenvalue weighted by molar-refractivity contribution is 0.0697. The van der Waals surface area contributed by atoms with E-state index < -0.39 is 16.0 Å². The summed E-state index contributed by atoms with van der Waals surface area (Å²) >= 11 is 11.5. The minimum Gasteiger partial charge on any atom is -0.478 e. The average Bonchev–Trinajstić information content (AvgIpc) is 2.47. The minimum absolute atomic E-state index is 0.0160. The van der Waals surface area contributed by atoms with Crippen molar-refractivity contribution in [3.8, 4) is 0 Å². The summed E-state index contributed by atoms with van der Waals surface area (Å²) in [6.07, 6.45) is 1.42. The molecule has 0 spiro atoms. The number of aromatic carboxylic acids is 1. The quantitative estimate of drug-likeness (QED) is 0.846. The molecular weight excluding hydrogens is 337 g/mol. The molecule has 1 N–H and O–H groups in total. The van der Waals surface area contributed by atoms with Gasteiger partial charge < -0.3 is 5.11 Å². The molecule has 1 aromatic carbocycles. The topological polar surface area (TPSA) is 74.7 Å². The lowest BCUT2D eigenvalue weighted by atomic mass is 10.0. The van der Waals surface area contributed by atoms with Crippen molar-refractivity contribution in [2.24, 2.45) is 5.92 Å². The Labute approximate surface area is 133 Å². The van der Waals surface area contributed by atoms with Gasteiger partial charge in [-0.25, -0.2) is 13.2 Å². The number of carboxylic acids is 1. The van der Waals surface area contributed by atoms with Crippen molar-refractivity contribution < 1.29 is 18.3 Å². The van der Waals surface area contributed by atoms with Crippen molar-refractivity contribution in [1.82, 2.24) is 4.31 Å². The second-order valence-electron chi connectivity index (χ2n) is 4.95. The zero-order chi connectivity index (χ0) is 15.6. The molecule has 0 bridgehead atoms. The SMILES string of the molecule is O=C(O)c1cc(S(=O)(=O)N2CCC(CCl)CC2)ccc1Cl. The van der Waals surface area contributed by atoms with Gasteiger partial charge in [0.2, 0.25) is 10.0 Å². The van der Waals surface area contributed by atoms with Crippen LogP contribution in [0.3, 0.4) is 0 Å². The normalized spacial score (nSPS) is 17.8. The van der Waals surface area contributed by atoms with Crippen LogP contribution in [0.15, 0.2) is 23.1 Å². The fraction of sp³-hybridized carbons (Fsp3) is 0.462. The fourth-order valence-corrected chi connectivity index (χ4v) is 4.29. The number of nitrogens with zero attached hydrogens (tertiary/aromatic N) is 1. The maximum Gasteiger partial charge on any atom is 0.337 e. The number of benzene rings is 1. The molecule has 5 nitrogen and oxygen atoms in total. The van der Waals surface area contributed by atoms with Crippen LogP contribution in [0.4, 0.5) is 0 Å². The number of sulfonamides is 1. The van der Waals surface area contributed by atoms with Crippen LogP contribution >= 0.6 is 23.2 Å². The summed E-state index contributed by atoms with van der Waals surface area (Å²) in [7, 11) is -3.70. The minimum atomic E-state index is -3.70. The van der Waals surface area contributed by atoms with Crippen LogP contribution in [-0.2, 0) is 10.0 Å². The maximum atomic E-state index is 12.5. The highest BCUT2D eigenvalue weighted by molar-refractivity contribution is 7.89. The number of carboxylic acid groups (broad SMARTS) is 1. The van der Waals surface area contributed by atoms with Crippen LogP contribution < -0.4 is 0 Å². The number of hydrogen-bond acceptors (Lipinski definition) is 3. The molecule has 1 aromatic rings. The molecule has 0 saturated carbocycles. The van der Waals surface area contributed by atoms with Crippen LogP contribution in [-0.4, -0.2) is 42.8 Å². The van der Waals surface area contributed by atoms with E-state index in [0.29, 0.717) is 37.7 Å². The van der Waals surface area contributed by atoms with E-state index >= 15 is 0 Å². The van der Waals surface area contributed by atoms with Gasteiger partial charge in [-0.2, -0.15) is 4.31 Å². The van der Waals surface area contributed by atoms with Crippen molar-refractivity contribution in [1.29, 1.82) is 0 Å². The molecule has 8 heteroatoms. The van der Waals surface area contributed by atoms with Crippen LogP contribution in [0.5, 0.6) is 0 Å². The van der Waals surface area contributed by atoms with Gasteiger partial charge in [0, 0.05) is 19.0 Å². The van der Waals surface area contributed by atoms with Crippen molar-refractivity contribution in [2.45, 2.75) is 17.7 Å². The molecule has 0 aromatic heterocycles. The standard InChI is InChI=1S/C13H15Cl2NO4S/c14-8-9-3-5-16(6-4-9)21(19,20)10-1-2-12(15)11(7-10)13(17)18/h1-2,7,9H,3-6,8H2,(H,17,18). The van der Waals surface area contributed by atoms with Crippen molar-refractivity contribution in [3.63, 3.8) is 0 Å². The molecule has 1 heterocycles. The first-order chi connectivity index (χ1) is 9.86. The van der Waals surface area contributed by atoms with Gasteiger partial charge in [0.1, 0.15) is 0 Å². The predicted molar refractivity (Wildman–Crippen MR) is 80.6 cm³/mol. The number of halogens is 2. The van der Waals surface area contributed by atoms with Crippen molar-refractivity contribution in [2.75, 3.05) is 19.0 Å². The molecule has 2 rings (SSSR count). The molecule has 0 amide bonds. The first kappa shape index (κ1) is 16.5. The van der Waals surface area contributed by atoms with Crippen LogP contribution in [0.25, 0.3) is 0 Å². The van der Waals surface area contributed by atoms with Crippen molar-refractivity contribution in [3.05, 3.63) is 28.8 Å². The Bertz CT molecular complexity index is 640. The molecular formula is C13H15Cl2NO4S. The molecule has 1 saturated heterocycles. The van der Waals surface area contributed by atoms with E-state index in [-0.39, 0.29) is 15.5 Å². The summed E-state index contributed by atoms with van der Waals surface area (Å²) in [4.78, 5) is 11.0. The number of carbonyl (C=O) groups is 1. The Morgan fingerprint density at radius 2 is 1.95 bits per heavy atom. The van der Waals surface area contributed by atoms with Crippen LogP contribution in [0.2, 0.25) is 5.02 Å². The molecule has 0 unspecified atom stereocenters. The smallest absolute Gasteiger partial charge is 0.337 e. The number of alkyl halides is 1. The van der Waals surface area contributed by atoms with E-state index in [0.717, 1.165) is 6.07 Å². The third-order valence-corrected chi connectivity index (χ3v) is 6.26. The summed E-state index contributed by atoms with van der Waals surface area (Å²) in [6.45, 7) is 0.787. The monoisotopic (exact) mass is 351 g/mol. The zero-order valence-electron chi connectivity index (χ0n) is 11.1. The van der Waals surface area contributed by atoms with Crippen LogP contribution in [0, 0.1) is 5.92 Å². The van der Waals surface area contributed by atoms with E-state index in [1.807, 2.05) is 0 Å². The van der Waals surface area contributed by atoms with Crippen molar-refractivity contribution >= 4 is 39.2 Å². The average molecular weight is 352 g/mol. The molecule has 116 valence electrons. The molecule has 0 atom stereocenters. The number of piperidine rings is 1. The lowest BCUT2D eigenvalue weighted by Crippen LogP contribution is -2.38. The molecule has 1 aliphatic rings. The summed E-state index contributed by atoms with van der Waals surface area (Å²) in [5.74, 6) is -0.395. The lowest BCUT2D eigenvalue weighted by Gasteiger charge is -2.30. The zero-order valence-corrected chi connectivity index (χ0v) is 13.5. The van der Waals surface area contributed by atoms with Gasteiger partial charge in [0.25, 0.3) is 0 Å². The Hall–Kier alpha value is -0.820. The molecule has 0 aliphatic carbocycles. The second kappa shape index (κ2) is 6.52. The Balaban J connectivity index is 2.28. The summed E-state index contributed by atoms with van der Waals surface area (Å²) in [5, 5.41) is 9.04. The molecule has 21 heavy (non-hydrogen) atoms. The van der Waals surface area contributed by atoms with Gasteiger partial charge in [0.15, 0.2) is 0 Å². The van der Waals surface area contributed by atoms with Gasteiger partial charge in [-0.05, 0) is 37.0 Å². The predicted octanol–water partition coefficient (Wildman–Crippen LogP) is 2.68. The first-order valence-corrected chi connectivity index (χ1v) is 8.80. The highest BCUT2D eigenvalue weighted by Gasteiger charge is 2.29. The van der Waals surface area contributed by atoms with E-state index in [1.165, 1.54) is 16.4 Å². The van der Waals surface area contributed by atoms with Gasteiger partial charge in [-0.15, -0.1) is 11.6 Å². The third kappa shape index (κ3) is 3.51. The molecule has 1 aliphatic heterocycles. The highest BCUT2D eigenvalue weighted by atomic mass is 35.5. The second-order valence-corrected chi connectivity index (χ2v) is 7.60. The molecule has 0 radical (unpaired) electrons. The summed E-state index contributed by atoms with van der Waals surface area (Å²) in [6, 6.07) is 3.73. The number of rotatable bonds is 4. The van der Waals surface area contributed by atoms with E-state index in [2.05, 4.69) is 0 Å². The number of hydrogen-bond donors (Lipinski definition) is 1. The summed E-state index contributed by atoms with van der Waals surface area (Å²) < 4.78 is 26.4. The Kier molecular flexibility index (Phi) is 5.14. The van der Waals surface area contributed by atoms with Gasteiger partial charge in [0.05, 0.1) is 15.5 Å². The fourth-order valence-electron chi connectivity index (χ4n) is 2.28. The first-order valence-electron chi connectivity index (χ1n) is 6.45. The maximum absolute atomic E-state index is 12.5. The van der Waals surface area contributed by atoms with Gasteiger partial charge in [-0.1, -0.05) is 11.6 Å². The molecule has 1 fully saturated rings. The summed E-state index contributed by atoms with van der Waals surface area (Å²) in [5.41, 5.74) is -0.214.